The first kappa shape index (κ1) is 11.9. The largest absolute Gasteiger partial charge is 0.497 e. The molecule has 17 heavy (non-hydrogen) atoms. The summed E-state index contributed by atoms with van der Waals surface area (Å²) in [5.74, 6) is 0.516. The van der Waals surface area contributed by atoms with Gasteiger partial charge in [-0.05, 0) is 30.5 Å². The Morgan fingerprint density at radius 1 is 1.29 bits per heavy atom. The zero-order valence-electron chi connectivity index (χ0n) is 9.93. The van der Waals surface area contributed by atoms with Crippen molar-refractivity contribution in [2.45, 2.75) is 18.9 Å². The predicted molar refractivity (Wildman–Crippen MR) is 63.8 cm³/mol. The van der Waals surface area contributed by atoms with Crippen LogP contribution in [0.3, 0.4) is 0 Å². The standard InChI is InChI=1S/C13H17NO3/c1-17-11-6-4-10(5-7-11)12(15)13(16)14-8-2-3-9-14/h4-7,12,15H,2-3,8-9H2,1H3. The van der Waals surface area contributed by atoms with Crippen molar-refractivity contribution in [1.29, 1.82) is 0 Å². The lowest BCUT2D eigenvalue weighted by molar-refractivity contribution is -0.139. The van der Waals surface area contributed by atoms with Gasteiger partial charge in [-0.3, -0.25) is 4.79 Å². The number of carbonyl (C=O) groups excluding carboxylic acids is 1. The van der Waals surface area contributed by atoms with Crippen molar-refractivity contribution in [3.63, 3.8) is 0 Å². The minimum absolute atomic E-state index is 0.201. The summed E-state index contributed by atoms with van der Waals surface area (Å²) >= 11 is 0. The molecule has 0 radical (unpaired) electrons. The maximum absolute atomic E-state index is 11.9. The van der Waals surface area contributed by atoms with Crippen molar-refractivity contribution in [2.24, 2.45) is 0 Å². The number of amides is 1. The van der Waals surface area contributed by atoms with Gasteiger partial charge < -0.3 is 14.7 Å². The molecule has 2 rings (SSSR count). The van der Waals surface area contributed by atoms with Gasteiger partial charge in [0.25, 0.3) is 5.91 Å². The highest BCUT2D eigenvalue weighted by Gasteiger charge is 2.25. The molecule has 1 unspecified atom stereocenters. The van der Waals surface area contributed by atoms with E-state index in [-0.39, 0.29) is 5.91 Å². The average molecular weight is 235 g/mol. The van der Waals surface area contributed by atoms with Crippen molar-refractivity contribution >= 4 is 5.91 Å². The Hall–Kier alpha value is -1.55. The molecule has 92 valence electrons. The second kappa shape index (κ2) is 5.19. The van der Waals surface area contributed by atoms with E-state index in [9.17, 15) is 9.90 Å². The number of carbonyl (C=O) groups is 1. The number of hydrogen-bond acceptors (Lipinski definition) is 3. The number of nitrogens with zero attached hydrogens (tertiary/aromatic N) is 1. The number of benzene rings is 1. The summed E-state index contributed by atoms with van der Waals surface area (Å²) in [4.78, 5) is 13.7. The second-order valence-electron chi connectivity index (χ2n) is 4.21. The first-order chi connectivity index (χ1) is 8.22. The maximum atomic E-state index is 11.9. The van der Waals surface area contributed by atoms with Crippen LogP contribution < -0.4 is 4.74 Å². The Morgan fingerprint density at radius 3 is 2.41 bits per heavy atom. The number of ether oxygens (including phenoxy) is 1. The fraction of sp³-hybridized carbons (Fsp3) is 0.462. The summed E-state index contributed by atoms with van der Waals surface area (Å²) in [6.45, 7) is 1.51. The normalized spacial score (nSPS) is 16.9. The molecule has 1 aliphatic heterocycles. The van der Waals surface area contributed by atoms with Crippen LogP contribution in [0.4, 0.5) is 0 Å². The molecule has 1 aliphatic rings. The Labute approximate surface area is 101 Å². The van der Waals surface area contributed by atoms with E-state index < -0.39 is 6.10 Å². The van der Waals surface area contributed by atoms with Gasteiger partial charge in [-0.25, -0.2) is 0 Å². The quantitative estimate of drug-likeness (QED) is 0.860. The van der Waals surface area contributed by atoms with Gasteiger partial charge in [-0.1, -0.05) is 12.1 Å². The van der Waals surface area contributed by atoms with Crippen LogP contribution in [0, 0.1) is 0 Å². The predicted octanol–water partition coefficient (Wildman–Crippen LogP) is 1.35. The van der Waals surface area contributed by atoms with E-state index >= 15 is 0 Å². The molecule has 1 aromatic rings. The molecule has 4 nitrogen and oxygen atoms in total. The molecule has 1 amide bonds. The molecule has 1 saturated heterocycles. The molecule has 0 aromatic heterocycles. The smallest absolute Gasteiger partial charge is 0.256 e. The van der Waals surface area contributed by atoms with Crippen molar-refractivity contribution in [1.82, 2.24) is 4.90 Å². The minimum Gasteiger partial charge on any atom is -0.497 e. The van der Waals surface area contributed by atoms with E-state index in [4.69, 9.17) is 4.74 Å². The van der Waals surface area contributed by atoms with E-state index in [0.29, 0.717) is 5.56 Å². The lowest BCUT2D eigenvalue weighted by Crippen LogP contribution is -2.32. The molecule has 1 N–H and O–H groups in total. The van der Waals surface area contributed by atoms with Crippen LogP contribution in [0.25, 0.3) is 0 Å². The summed E-state index contributed by atoms with van der Waals surface area (Å²) in [6, 6.07) is 6.93. The van der Waals surface area contributed by atoms with Gasteiger partial charge >= 0.3 is 0 Å². The molecule has 0 aliphatic carbocycles. The molecule has 1 aromatic carbocycles. The van der Waals surface area contributed by atoms with Crippen LogP contribution in [-0.4, -0.2) is 36.1 Å². The van der Waals surface area contributed by atoms with Gasteiger partial charge in [0.05, 0.1) is 7.11 Å². The zero-order valence-corrected chi connectivity index (χ0v) is 9.93. The number of rotatable bonds is 3. The summed E-state index contributed by atoms with van der Waals surface area (Å²) in [5, 5.41) is 9.98. The first-order valence-corrected chi connectivity index (χ1v) is 5.83. The van der Waals surface area contributed by atoms with Crippen molar-refractivity contribution < 1.29 is 14.6 Å². The molecule has 1 fully saturated rings. The van der Waals surface area contributed by atoms with Crippen LogP contribution in [0.5, 0.6) is 5.75 Å². The van der Waals surface area contributed by atoms with Crippen LogP contribution in [-0.2, 0) is 4.79 Å². The number of methoxy groups -OCH3 is 1. The Balaban J connectivity index is 2.07. The molecule has 4 heteroatoms. The van der Waals surface area contributed by atoms with Gasteiger partial charge in [-0.15, -0.1) is 0 Å². The Morgan fingerprint density at radius 2 is 1.88 bits per heavy atom. The van der Waals surface area contributed by atoms with Crippen molar-refractivity contribution in [2.75, 3.05) is 20.2 Å². The summed E-state index contributed by atoms with van der Waals surface area (Å²) in [6.07, 6.45) is 1.00. The molecular weight excluding hydrogens is 218 g/mol. The summed E-state index contributed by atoms with van der Waals surface area (Å²) in [5.41, 5.74) is 0.614. The van der Waals surface area contributed by atoms with Gasteiger partial charge in [-0.2, -0.15) is 0 Å². The summed E-state index contributed by atoms with van der Waals surface area (Å²) in [7, 11) is 1.58. The maximum Gasteiger partial charge on any atom is 0.256 e. The highest BCUT2D eigenvalue weighted by atomic mass is 16.5. The van der Waals surface area contributed by atoms with E-state index in [1.165, 1.54) is 0 Å². The van der Waals surface area contributed by atoms with E-state index in [0.717, 1.165) is 31.7 Å². The van der Waals surface area contributed by atoms with Crippen LogP contribution in [0.2, 0.25) is 0 Å². The molecular formula is C13H17NO3. The molecule has 1 heterocycles. The number of aliphatic hydroxyl groups excluding tert-OH is 1. The highest BCUT2D eigenvalue weighted by Crippen LogP contribution is 2.21. The fourth-order valence-electron chi connectivity index (χ4n) is 2.04. The average Bonchev–Trinajstić information content (AvgIpc) is 2.91. The third-order valence-corrected chi connectivity index (χ3v) is 3.08. The minimum atomic E-state index is -1.06. The van der Waals surface area contributed by atoms with Gasteiger partial charge in [0.2, 0.25) is 0 Å². The van der Waals surface area contributed by atoms with Crippen LogP contribution in [0.15, 0.2) is 24.3 Å². The van der Waals surface area contributed by atoms with Crippen molar-refractivity contribution in [3.8, 4) is 5.75 Å². The zero-order chi connectivity index (χ0) is 12.3. The van der Waals surface area contributed by atoms with Crippen molar-refractivity contribution in [3.05, 3.63) is 29.8 Å². The SMILES string of the molecule is COc1ccc(C(O)C(=O)N2CCCC2)cc1. The van der Waals surface area contributed by atoms with Gasteiger partial charge in [0.15, 0.2) is 6.10 Å². The van der Waals surface area contributed by atoms with Crippen LogP contribution >= 0.6 is 0 Å². The molecule has 0 bridgehead atoms. The molecule has 0 saturated carbocycles. The number of hydrogen-bond donors (Lipinski definition) is 1. The van der Waals surface area contributed by atoms with Gasteiger partial charge in [0, 0.05) is 13.1 Å². The Kier molecular flexibility index (Phi) is 3.64. The third kappa shape index (κ3) is 2.58. The fourth-order valence-corrected chi connectivity index (χ4v) is 2.04. The lowest BCUT2D eigenvalue weighted by atomic mass is 10.1. The summed E-state index contributed by atoms with van der Waals surface area (Å²) < 4.78 is 5.03. The molecule has 0 spiro atoms. The highest BCUT2D eigenvalue weighted by molar-refractivity contribution is 5.82. The number of aliphatic hydroxyl groups is 1. The van der Waals surface area contributed by atoms with E-state index in [1.807, 2.05) is 0 Å². The van der Waals surface area contributed by atoms with E-state index in [2.05, 4.69) is 0 Å². The van der Waals surface area contributed by atoms with Crippen LogP contribution in [0.1, 0.15) is 24.5 Å². The Bertz CT molecular complexity index is 382. The first-order valence-electron chi connectivity index (χ1n) is 5.83. The number of likely N-dealkylation sites (tertiary alicyclic amines) is 1. The topological polar surface area (TPSA) is 49.8 Å². The van der Waals surface area contributed by atoms with Gasteiger partial charge in [0.1, 0.15) is 5.75 Å². The third-order valence-electron chi connectivity index (χ3n) is 3.08. The van der Waals surface area contributed by atoms with E-state index in [1.54, 1.807) is 36.3 Å². The molecule has 1 atom stereocenters. The monoisotopic (exact) mass is 235 g/mol. The lowest BCUT2D eigenvalue weighted by Gasteiger charge is -2.19. The second-order valence-corrected chi connectivity index (χ2v) is 4.21.